The number of carbonyl (C=O) groups is 1. The van der Waals surface area contributed by atoms with Gasteiger partial charge in [0.25, 0.3) is 0 Å². The first-order chi connectivity index (χ1) is 6.56. The molecule has 0 saturated carbocycles. The Hall–Kier alpha value is -1.22. The lowest BCUT2D eigenvalue weighted by atomic mass is 10.1. The minimum Gasteiger partial charge on any atom is -0.289 e. The van der Waals surface area contributed by atoms with E-state index in [0.717, 1.165) is 12.1 Å². The lowest BCUT2D eigenvalue weighted by Crippen LogP contribution is -1.97. The van der Waals surface area contributed by atoms with Crippen LogP contribution < -0.4 is 0 Å². The van der Waals surface area contributed by atoms with Gasteiger partial charge in [-0.15, -0.1) is 0 Å². The average molecular weight is 217 g/mol. The summed E-state index contributed by atoms with van der Waals surface area (Å²) >= 11 is 5.25. The summed E-state index contributed by atoms with van der Waals surface area (Å²) in [5.74, 6) is -2.32. The van der Waals surface area contributed by atoms with E-state index in [1.54, 1.807) is 6.92 Å². The van der Waals surface area contributed by atoms with Crippen molar-refractivity contribution in [2.45, 2.75) is 6.92 Å². The van der Waals surface area contributed by atoms with Crippen LogP contribution in [0.5, 0.6) is 0 Å². The largest absolute Gasteiger partial charge is 0.289 e. The molecule has 0 heterocycles. The normalized spacial score (nSPS) is 10.9. The molecule has 4 heteroatoms. The number of rotatable bonds is 2. The number of ketones is 1. The zero-order valence-corrected chi connectivity index (χ0v) is 8.11. The molecule has 0 bridgehead atoms. The van der Waals surface area contributed by atoms with E-state index < -0.39 is 22.4 Å². The van der Waals surface area contributed by atoms with Gasteiger partial charge in [0.1, 0.15) is 16.7 Å². The molecule has 0 unspecified atom stereocenters. The fourth-order valence-electron chi connectivity index (χ4n) is 0.945. The maximum atomic E-state index is 12.9. The molecule has 0 spiro atoms. The summed E-state index contributed by atoms with van der Waals surface area (Å²) < 4.78 is 25.8. The van der Waals surface area contributed by atoms with Crippen LogP contribution in [0.4, 0.5) is 8.78 Å². The highest BCUT2D eigenvalue weighted by molar-refractivity contribution is 6.31. The summed E-state index contributed by atoms with van der Waals surface area (Å²) in [7, 11) is 0. The summed E-state index contributed by atoms with van der Waals surface area (Å²) in [6.07, 6.45) is 2.72. The van der Waals surface area contributed by atoms with E-state index >= 15 is 0 Å². The van der Waals surface area contributed by atoms with Gasteiger partial charge in [0.15, 0.2) is 5.78 Å². The zero-order valence-electron chi connectivity index (χ0n) is 7.35. The standard InChI is InChI=1S/C10H7ClF2O/c1-2-3-9(14)6-4-7(12)10(11)8(13)5-6/h2-5H,1H3/b3-2+. The van der Waals surface area contributed by atoms with Crippen molar-refractivity contribution in [3.8, 4) is 0 Å². The molecule has 1 rings (SSSR count). The van der Waals surface area contributed by atoms with Gasteiger partial charge in [0, 0.05) is 5.56 Å². The lowest BCUT2D eigenvalue weighted by Gasteiger charge is -1.99. The van der Waals surface area contributed by atoms with Gasteiger partial charge < -0.3 is 0 Å². The second-order valence-corrected chi connectivity index (χ2v) is 3.00. The molecule has 74 valence electrons. The number of carbonyl (C=O) groups excluding carboxylic acids is 1. The molecule has 0 aromatic heterocycles. The van der Waals surface area contributed by atoms with Crippen molar-refractivity contribution >= 4 is 17.4 Å². The predicted octanol–water partition coefficient (Wildman–Crippen LogP) is 3.38. The molecule has 1 nitrogen and oxygen atoms in total. The van der Waals surface area contributed by atoms with Gasteiger partial charge in [-0.3, -0.25) is 4.79 Å². The Balaban J connectivity index is 3.19. The van der Waals surface area contributed by atoms with Gasteiger partial charge in [-0.1, -0.05) is 17.7 Å². The lowest BCUT2D eigenvalue weighted by molar-refractivity contribution is 0.104. The van der Waals surface area contributed by atoms with E-state index in [4.69, 9.17) is 11.6 Å². The van der Waals surface area contributed by atoms with Gasteiger partial charge in [-0.25, -0.2) is 8.78 Å². The van der Waals surface area contributed by atoms with Crippen molar-refractivity contribution < 1.29 is 13.6 Å². The summed E-state index contributed by atoms with van der Waals surface area (Å²) in [4.78, 5) is 11.2. The van der Waals surface area contributed by atoms with Crippen LogP contribution in [0.2, 0.25) is 5.02 Å². The van der Waals surface area contributed by atoms with E-state index in [0.29, 0.717) is 0 Å². The quantitative estimate of drug-likeness (QED) is 0.421. The van der Waals surface area contributed by atoms with Gasteiger partial charge >= 0.3 is 0 Å². The van der Waals surface area contributed by atoms with Crippen molar-refractivity contribution in [3.05, 3.63) is 46.5 Å². The summed E-state index contributed by atoms with van der Waals surface area (Å²) in [5.41, 5.74) is -0.0532. The molecule has 14 heavy (non-hydrogen) atoms. The van der Waals surface area contributed by atoms with Crippen LogP contribution in [-0.4, -0.2) is 5.78 Å². The van der Waals surface area contributed by atoms with E-state index in [1.165, 1.54) is 12.2 Å². The molecular weight excluding hydrogens is 210 g/mol. The SMILES string of the molecule is C/C=C/C(=O)c1cc(F)c(Cl)c(F)c1. The third-order valence-corrected chi connectivity index (χ3v) is 1.95. The molecule has 0 atom stereocenters. The fourth-order valence-corrected chi connectivity index (χ4v) is 1.05. The first-order valence-corrected chi connectivity index (χ1v) is 4.25. The van der Waals surface area contributed by atoms with Crippen LogP contribution in [0.15, 0.2) is 24.3 Å². The molecule has 1 aromatic rings. The first kappa shape index (κ1) is 10.9. The molecule has 1 aromatic carbocycles. The Morgan fingerprint density at radius 2 is 1.86 bits per heavy atom. The van der Waals surface area contributed by atoms with E-state index in [-0.39, 0.29) is 5.56 Å². The van der Waals surface area contributed by atoms with Crippen LogP contribution in [-0.2, 0) is 0 Å². The van der Waals surface area contributed by atoms with Crippen molar-refractivity contribution in [1.82, 2.24) is 0 Å². The van der Waals surface area contributed by atoms with Crippen molar-refractivity contribution in [2.75, 3.05) is 0 Å². The molecule has 0 aliphatic heterocycles. The highest BCUT2D eigenvalue weighted by Gasteiger charge is 2.11. The van der Waals surface area contributed by atoms with Crippen LogP contribution in [0, 0.1) is 11.6 Å². The second kappa shape index (κ2) is 4.33. The van der Waals surface area contributed by atoms with Gasteiger partial charge in [-0.2, -0.15) is 0 Å². The molecule has 0 N–H and O–H groups in total. The Bertz CT molecular complexity index is 376. The van der Waals surface area contributed by atoms with Crippen LogP contribution in [0.3, 0.4) is 0 Å². The summed E-state index contributed by atoms with van der Waals surface area (Å²) in [6, 6.07) is 1.82. The van der Waals surface area contributed by atoms with E-state index in [1.807, 2.05) is 0 Å². The number of halogens is 3. The fraction of sp³-hybridized carbons (Fsp3) is 0.100. The zero-order chi connectivity index (χ0) is 10.7. The van der Waals surface area contributed by atoms with Crippen molar-refractivity contribution in [1.29, 1.82) is 0 Å². The number of benzene rings is 1. The maximum absolute atomic E-state index is 12.9. The Morgan fingerprint density at radius 3 is 2.29 bits per heavy atom. The molecule has 0 fully saturated rings. The van der Waals surface area contributed by atoms with Crippen molar-refractivity contribution in [2.24, 2.45) is 0 Å². The molecule has 0 aliphatic carbocycles. The van der Waals surface area contributed by atoms with Crippen LogP contribution in [0.1, 0.15) is 17.3 Å². The summed E-state index contributed by atoms with van der Waals surface area (Å²) in [6.45, 7) is 1.64. The topological polar surface area (TPSA) is 17.1 Å². The maximum Gasteiger partial charge on any atom is 0.185 e. The minimum atomic E-state index is -0.931. The predicted molar refractivity (Wildman–Crippen MR) is 50.5 cm³/mol. The summed E-state index contributed by atoms with van der Waals surface area (Å²) in [5, 5.41) is -0.595. The highest BCUT2D eigenvalue weighted by Crippen LogP contribution is 2.20. The van der Waals surface area contributed by atoms with Gasteiger partial charge in [0.2, 0.25) is 0 Å². The Labute approximate surface area is 85.0 Å². The minimum absolute atomic E-state index is 0.0532. The monoisotopic (exact) mass is 216 g/mol. The average Bonchev–Trinajstić information content (AvgIpc) is 2.13. The van der Waals surface area contributed by atoms with Crippen LogP contribution in [0.25, 0.3) is 0 Å². The van der Waals surface area contributed by atoms with Crippen LogP contribution >= 0.6 is 11.6 Å². The molecule has 0 amide bonds. The molecule has 0 aliphatic rings. The molecule has 0 saturated heterocycles. The Kier molecular flexibility index (Phi) is 3.36. The second-order valence-electron chi connectivity index (χ2n) is 2.62. The molecule has 0 radical (unpaired) electrons. The number of allylic oxidation sites excluding steroid dienone is 2. The van der Waals surface area contributed by atoms with E-state index in [2.05, 4.69) is 0 Å². The van der Waals surface area contributed by atoms with Gasteiger partial charge in [0.05, 0.1) is 0 Å². The highest BCUT2D eigenvalue weighted by atomic mass is 35.5. The van der Waals surface area contributed by atoms with Gasteiger partial charge in [-0.05, 0) is 25.1 Å². The third kappa shape index (κ3) is 2.17. The third-order valence-electron chi connectivity index (χ3n) is 1.59. The first-order valence-electron chi connectivity index (χ1n) is 3.88. The Morgan fingerprint density at radius 1 is 1.36 bits per heavy atom. The number of hydrogen-bond acceptors (Lipinski definition) is 1. The van der Waals surface area contributed by atoms with Crippen molar-refractivity contribution in [3.63, 3.8) is 0 Å². The smallest absolute Gasteiger partial charge is 0.185 e. The molecular formula is C10H7ClF2O. The number of hydrogen-bond donors (Lipinski definition) is 0. The van der Waals surface area contributed by atoms with E-state index in [9.17, 15) is 13.6 Å².